The smallest absolute Gasteiger partial charge is 0.278 e. The lowest BCUT2D eigenvalue weighted by atomic mass is 10.2. The van der Waals surface area contributed by atoms with Gasteiger partial charge in [0.05, 0.1) is 6.16 Å². The van der Waals surface area contributed by atoms with Gasteiger partial charge in [-0.15, -0.1) is 0 Å². The van der Waals surface area contributed by atoms with Crippen LogP contribution in [0.25, 0.3) is 0 Å². The molecule has 78 valence electrons. The molecule has 2 atom stereocenters. The van der Waals surface area contributed by atoms with Crippen LogP contribution in [-0.4, -0.2) is 9.79 Å². The Morgan fingerprint density at radius 3 is 2.43 bits per heavy atom. The molecule has 1 rings (SSSR count). The Morgan fingerprint density at radius 2 is 1.93 bits per heavy atom. The minimum absolute atomic E-state index is 0.148. The minimum Gasteiger partial charge on any atom is -0.335 e. The molecule has 1 aromatic rings. The maximum Gasteiger partial charge on any atom is 0.278 e. The van der Waals surface area contributed by atoms with Gasteiger partial charge in [-0.25, -0.2) is 0 Å². The van der Waals surface area contributed by atoms with Crippen LogP contribution in [0.15, 0.2) is 30.3 Å². The van der Waals surface area contributed by atoms with E-state index in [1.807, 2.05) is 0 Å². The summed E-state index contributed by atoms with van der Waals surface area (Å²) >= 11 is 0. The minimum atomic E-state index is -3.74. The molecule has 0 heterocycles. The lowest BCUT2D eigenvalue weighted by molar-refractivity contribution is 0.461. The molecule has 0 saturated carbocycles. The van der Waals surface area contributed by atoms with Crippen molar-refractivity contribution in [3.05, 3.63) is 35.9 Å². The zero-order valence-electron chi connectivity index (χ0n) is 7.25. The van der Waals surface area contributed by atoms with Crippen molar-refractivity contribution in [2.45, 2.75) is 6.16 Å². The summed E-state index contributed by atoms with van der Waals surface area (Å²) in [7, 11) is -6.86. The maximum atomic E-state index is 11.3. The van der Waals surface area contributed by atoms with E-state index in [1.165, 1.54) is 0 Å². The molecule has 0 aromatic heterocycles. The van der Waals surface area contributed by atoms with Gasteiger partial charge in [-0.05, 0) is 5.56 Å². The highest BCUT2D eigenvalue weighted by molar-refractivity contribution is 7.64. The Bertz CT molecular complexity index is 367. The topological polar surface area (TPSA) is 86.6 Å². The van der Waals surface area contributed by atoms with Crippen molar-refractivity contribution in [1.29, 1.82) is 0 Å². The molecule has 0 saturated heterocycles. The van der Waals surface area contributed by atoms with Gasteiger partial charge >= 0.3 is 0 Å². The van der Waals surface area contributed by atoms with E-state index in [0.717, 1.165) is 0 Å². The van der Waals surface area contributed by atoms with Crippen LogP contribution in [0.4, 0.5) is 0 Å². The van der Waals surface area contributed by atoms with Crippen LogP contribution in [0.5, 0.6) is 0 Å². The molecule has 5 nitrogen and oxygen atoms in total. The van der Waals surface area contributed by atoms with Crippen LogP contribution in [0.1, 0.15) is 5.56 Å². The number of hydrogen-bond donors (Lipinski definition) is 3. The summed E-state index contributed by atoms with van der Waals surface area (Å²) in [5.41, 5.74) is 0.647. The van der Waals surface area contributed by atoms with Gasteiger partial charge in [0.1, 0.15) is 0 Å². The lowest BCUT2D eigenvalue weighted by Crippen LogP contribution is -2.01. The maximum absolute atomic E-state index is 11.3. The van der Waals surface area contributed by atoms with E-state index in [-0.39, 0.29) is 6.16 Å². The van der Waals surface area contributed by atoms with Crippen molar-refractivity contribution in [3.8, 4) is 0 Å². The third kappa shape index (κ3) is 4.18. The van der Waals surface area contributed by atoms with Crippen molar-refractivity contribution in [2.24, 2.45) is 0 Å². The summed E-state index contributed by atoms with van der Waals surface area (Å²) in [4.78, 5) is 19.5. The number of benzene rings is 1. The summed E-state index contributed by atoms with van der Waals surface area (Å²) in [5.74, 6) is 0. The van der Waals surface area contributed by atoms with Gasteiger partial charge in [-0.1, -0.05) is 30.3 Å². The lowest BCUT2D eigenvalue weighted by Gasteiger charge is -2.10. The van der Waals surface area contributed by atoms with E-state index >= 15 is 0 Å². The quantitative estimate of drug-likeness (QED) is 0.685. The fourth-order valence-corrected chi connectivity index (χ4v) is 3.24. The van der Waals surface area contributed by atoms with Gasteiger partial charge < -0.3 is 9.79 Å². The molecule has 0 radical (unpaired) electrons. The Hall–Kier alpha value is -0.440. The Labute approximate surface area is 82.2 Å². The average molecular weight is 235 g/mol. The van der Waals surface area contributed by atoms with E-state index in [1.54, 1.807) is 35.2 Å². The Morgan fingerprint density at radius 1 is 1.36 bits per heavy atom. The second kappa shape index (κ2) is 4.87. The molecule has 1 aromatic carbocycles. The predicted molar refractivity (Wildman–Crippen MR) is 54.3 cm³/mol. The first kappa shape index (κ1) is 11.6. The largest absolute Gasteiger partial charge is 0.335 e. The zero-order valence-corrected chi connectivity index (χ0v) is 9.15. The zero-order chi connectivity index (χ0) is 10.6. The summed E-state index contributed by atoms with van der Waals surface area (Å²) in [6.45, 7) is 0. The molecule has 0 bridgehead atoms. The molecule has 0 fully saturated rings. The van der Waals surface area contributed by atoms with Crippen LogP contribution in [0, 0.1) is 0 Å². The van der Waals surface area contributed by atoms with Crippen LogP contribution in [0.3, 0.4) is 0 Å². The second-order valence-corrected chi connectivity index (χ2v) is 5.99. The van der Waals surface area contributed by atoms with Gasteiger partial charge in [0.25, 0.3) is 15.7 Å². The molecule has 7 heteroatoms. The fourth-order valence-electron chi connectivity index (χ4n) is 1.02. The number of nitrogens with one attached hydrogen (secondary N) is 1. The van der Waals surface area contributed by atoms with E-state index in [2.05, 4.69) is 0 Å². The van der Waals surface area contributed by atoms with Crippen molar-refractivity contribution >= 4 is 15.7 Å². The first-order valence-electron chi connectivity index (χ1n) is 3.86. The highest BCUT2D eigenvalue weighted by Crippen LogP contribution is 2.44. The van der Waals surface area contributed by atoms with Crippen molar-refractivity contribution < 1.29 is 18.9 Å². The molecule has 0 spiro atoms. The van der Waals surface area contributed by atoms with E-state index < -0.39 is 15.7 Å². The second-order valence-electron chi connectivity index (χ2n) is 2.76. The molecule has 14 heavy (non-hydrogen) atoms. The molecule has 0 amide bonds. The molecular weight excluding hydrogens is 224 g/mol. The third-order valence-corrected chi connectivity index (χ3v) is 4.47. The predicted octanol–water partition coefficient (Wildman–Crippen LogP) is 1.34. The van der Waals surface area contributed by atoms with Gasteiger partial charge in [0, 0.05) is 0 Å². The van der Waals surface area contributed by atoms with Crippen LogP contribution in [-0.2, 0) is 15.3 Å². The molecule has 3 N–H and O–H groups in total. The Kier molecular flexibility index (Phi) is 4.05. The summed E-state index contributed by atoms with van der Waals surface area (Å²) < 4.78 is 21.7. The van der Waals surface area contributed by atoms with E-state index in [9.17, 15) is 14.0 Å². The molecule has 0 aliphatic rings. The number of hydrogen-bond acceptors (Lipinski definition) is 2. The molecule has 2 unspecified atom stereocenters. The molecule has 0 aliphatic carbocycles. The van der Waals surface area contributed by atoms with E-state index in [0.29, 0.717) is 5.56 Å². The average Bonchev–Trinajstić information content (AvgIpc) is 2.02. The standard InChI is InChI=1S/C7H11NO4P2/c9-13(10)8-14(11,12)6-7-4-2-1-3-5-7/h1-5,13H,6H2,(H3,8,9,10,11,12). The summed E-state index contributed by atoms with van der Waals surface area (Å²) in [6, 6.07) is 8.61. The molecule has 0 aliphatic heterocycles. The van der Waals surface area contributed by atoms with Crippen LogP contribution >= 0.6 is 15.7 Å². The normalized spacial score (nSPS) is 17.3. The summed E-state index contributed by atoms with van der Waals surface area (Å²) in [6.07, 6.45) is -0.148. The van der Waals surface area contributed by atoms with Crippen LogP contribution in [0.2, 0.25) is 0 Å². The molecular formula is C7H11NO4P2. The van der Waals surface area contributed by atoms with Crippen LogP contribution < -0.4 is 4.86 Å². The van der Waals surface area contributed by atoms with Gasteiger partial charge in [-0.2, -0.15) is 4.86 Å². The van der Waals surface area contributed by atoms with Gasteiger partial charge in [0.15, 0.2) is 0 Å². The van der Waals surface area contributed by atoms with Crippen molar-refractivity contribution in [3.63, 3.8) is 0 Å². The summed E-state index contributed by atoms with van der Waals surface area (Å²) in [5, 5.41) is 0. The first-order valence-corrected chi connectivity index (χ1v) is 7.06. The van der Waals surface area contributed by atoms with E-state index in [4.69, 9.17) is 4.89 Å². The Balaban J connectivity index is 2.69. The van der Waals surface area contributed by atoms with Gasteiger partial charge in [-0.3, -0.25) is 9.13 Å². The van der Waals surface area contributed by atoms with Gasteiger partial charge in [0.2, 0.25) is 0 Å². The highest BCUT2D eigenvalue weighted by atomic mass is 31.2. The number of rotatable bonds is 4. The van der Waals surface area contributed by atoms with Crippen molar-refractivity contribution in [1.82, 2.24) is 4.86 Å². The third-order valence-electron chi connectivity index (χ3n) is 1.51. The fraction of sp³-hybridized carbons (Fsp3) is 0.143. The SMILES string of the molecule is O=[PH](O)NP(=O)(O)Cc1ccccc1. The highest BCUT2D eigenvalue weighted by Gasteiger charge is 2.19. The monoisotopic (exact) mass is 235 g/mol. The first-order chi connectivity index (χ1) is 6.49. The van der Waals surface area contributed by atoms with Crippen molar-refractivity contribution in [2.75, 3.05) is 0 Å².